The number of rotatable bonds is 2. The molecule has 0 aromatic heterocycles. The van der Waals surface area contributed by atoms with Gasteiger partial charge in [0, 0.05) is 0 Å². The van der Waals surface area contributed by atoms with Crippen molar-refractivity contribution in [2.75, 3.05) is 0 Å². The molecule has 0 aromatic carbocycles. The maximum absolute atomic E-state index is 9.58. The number of hydrogen-bond acceptors (Lipinski definition) is 2. The van der Waals surface area contributed by atoms with Gasteiger partial charge in [-0.05, 0) is 6.42 Å². The van der Waals surface area contributed by atoms with Crippen LogP contribution in [0, 0.1) is 0 Å². The highest BCUT2D eigenvalue weighted by molar-refractivity contribution is 7.24. The van der Waals surface area contributed by atoms with Crippen LogP contribution in [0.25, 0.3) is 0 Å². The molecule has 0 saturated carbocycles. The van der Waals surface area contributed by atoms with Crippen molar-refractivity contribution in [1.29, 1.82) is 0 Å². The maximum Gasteiger partial charge on any atom is 0.187 e. The average molecular weight is 106 g/mol. The third-order valence-corrected chi connectivity index (χ3v) is 1.10. The van der Waals surface area contributed by atoms with Gasteiger partial charge in [0.1, 0.15) is 5.85 Å². The van der Waals surface area contributed by atoms with E-state index in [0.29, 0.717) is 6.42 Å². The normalized spacial score (nSPS) is 15.0. The summed E-state index contributed by atoms with van der Waals surface area (Å²) in [4.78, 5) is 0. The minimum atomic E-state index is -0.648. The van der Waals surface area contributed by atoms with E-state index in [9.17, 15) is 4.57 Å². The summed E-state index contributed by atoms with van der Waals surface area (Å²) in [5.41, 5.74) is 0. The molecule has 0 fully saturated rings. The molecule has 3 heteroatoms. The first-order valence-corrected chi connectivity index (χ1v) is 2.70. The van der Waals surface area contributed by atoms with Gasteiger partial charge in [-0.15, -0.1) is 0 Å². The summed E-state index contributed by atoms with van der Waals surface area (Å²) in [6.07, 6.45) is 0.561. The smallest absolute Gasteiger partial charge is 0.187 e. The summed E-state index contributed by atoms with van der Waals surface area (Å²) in [6.45, 7) is 1.77. The van der Waals surface area contributed by atoms with Crippen molar-refractivity contribution < 1.29 is 9.67 Å². The molecule has 36 valence electrons. The molecule has 1 atom stereocenters. The summed E-state index contributed by atoms with van der Waals surface area (Å²) in [6, 6.07) is 0. The van der Waals surface area contributed by atoms with Gasteiger partial charge in [-0.1, -0.05) is 6.92 Å². The highest BCUT2D eigenvalue weighted by Crippen LogP contribution is 2.03. The molecular weight excluding hydrogens is 99.0 g/mol. The molecule has 0 rings (SSSR count). The second-order valence-electron chi connectivity index (χ2n) is 0.994. The molecule has 0 aliphatic carbocycles. The fourth-order valence-corrected chi connectivity index (χ4v) is 0.224. The molecule has 0 heterocycles. The summed E-state index contributed by atoms with van der Waals surface area (Å²) < 4.78 is 9.58. The lowest BCUT2D eigenvalue weighted by Crippen LogP contribution is -1.89. The van der Waals surface area contributed by atoms with Crippen molar-refractivity contribution >= 4 is 8.46 Å². The van der Waals surface area contributed by atoms with Gasteiger partial charge in [0.15, 0.2) is 8.46 Å². The van der Waals surface area contributed by atoms with Crippen LogP contribution in [0.1, 0.15) is 13.3 Å². The van der Waals surface area contributed by atoms with Crippen LogP contribution in [0.15, 0.2) is 0 Å². The fourth-order valence-electron chi connectivity index (χ4n) is 0.0745. The van der Waals surface area contributed by atoms with Crippen LogP contribution in [0.4, 0.5) is 0 Å². The van der Waals surface area contributed by atoms with Crippen LogP contribution >= 0.6 is 8.46 Å². The SMILES string of the molecule is CCC(O)P=O. The Morgan fingerprint density at radius 3 is 2.50 bits per heavy atom. The standard InChI is InChI=1S/C3H7O2P/c1-2-3(4)6-5/h3-4H,2H2,1H3. The third kappa shape index (κ3) is 2.31. The Kier molecular flexibility index (Phi) is 3.29. The lowest BCUT2D eigenvalue weighted by molar-refractivity contribution is 0.251. The van der Waals surface area contributed by atoms with Gasteiger partial charge in [0.25, 0.3) is 0 Å². The van der Waals surface area contributed by atoms with Crippen LogP contribution in [-0.2, 0) is 4.57 Å². The molecule has 0 aliphatic rings. The van der Waals surface area contributed by atoms with Crippen molar-refractivity contribution in [3.05, 3.63) is 0 Å². The predicted molar refractivity (Wildman–Crippen MR) is 23.9 cm³/mol. The topological polar surface area (TPSA) is 37.3 Å². The Balaban J connectivity index is 2.96. The fraction of sp³-hybridized carbons (Fsp3) is 1.00. The zero-order chi connectivity index (χ0) is 4.99. The molecule has 1 unspecified atom stereocenters. The lowest BCUT2D eigenvalue weighted by Gasteiger charge is -1.87. The minimum Gasteiger partial charge on any atom is -0.381 e. The highest BCUT2D eigenvalue weighted by Gasteiger charge is 1.93. The Morgan fingerprint density at radius 2 is 2.50 bits per heavy atom. The van der Waals surface area contributed by atoms with Crippen LogP contribution in [0.3, 0.4) is 0 Å². The van der Waals surface area contributed by atoms with Gasteiger partial charge >= 0.3 is 0 Å². The Hall–Kier alpha value is 0.0600. The molecule has 0 saturated heterocycles. The summed E-state index contributed by atoms with van der Waals surface area (Å²) in [5.74, 6) is -0.648. The van der Waals surface area contributed by atoms with Gasteiger partial charge < -0.3 is 5.11 Å². The summed E-state index contributed by atoms with van der Waals surface area (Å²) >= 11 is 0. The lowest BCUT2D eigenvalue weighted by atomic mass is 10.5. The zero-order valence-corrected chi connectivity index (χ0v) is 4.48. The van der Waals surface area contributed by atoms with Crippen molar-refractivity contribution in [3.63, 3.8) is 0 Å². The first-order chi connectivity index (χ1) is 2.81. The van der Waals surface area contributed by atoms with Crippen LogP contribution in [0.2, 0.25) is 0 Å². The highest BCUT2D eigenvalue weighted by atomic mass is 31.1. The molecule has 2 nitrogen and oxygen atoms in total. The minimum absolute atomic E-state index is 0.166. The molecular formula is C3H7O2P. The first kappa shape index (κ1) is 6.06. The van der Waals surface area contributed by atoms with Crippen molar-refractivity contribution in [3.8, 4) is 0 Å². The van der Waals surface area contributed by atoms with E-state index in [1.807, 2.05) is 0 Å². The molecule has 6 heavy (non-hydrogen) atoms. The number of hydrogen-bond donors (Lipinski definition) is 1. The van der Waals surface area contributed by atoms with Crippen LogP contribution in [0.5, 0.6) is 0 Å². The Bertz CT molecular complexity index is 46.1. The Morgan fingerprint density at radius 1 is 2.00 bits per heavy atom. The molecule has 1 N–H and O–H groups in total. The van der Waals surface area contributed by atoms with Crippen molar-refractivity contribution in [2.24, 2.45) is 0 Å². The molecule has 0 aliphatic heterocycles. The van der Waals surface area contributed by atoms with Gasteiger partial charge in [0.2, 0.25) is 0 Å². The van der Waals surface area contributed by atoms with E-state index >= 15 is 0 Å². The van der Waals surface area contributed by atoms with E-state index in [-0.39, 0.29) is 8.46 Å². The second kappa shape index (κ2) is 3.26. The quantitative estimate of drug-likeness (QED) is 0.533. The zero-order valence-electron chi connectivity index (χ0n) is 3.59. The van der Waals surface area contributed by atoms with E-state index in [0.717, 1.165) is 0 Å². The van der Waals surface area contributed by atoms with Gasteiger partial charge in [-0.2, -0.15) is 0 Å². The van der Waals surface area contributed by atoms with Gasteiger partial charge in [-0.3, -0.25) is 4.57 Å². The van der Waals surface area contributed by atoms with Gasteiger partial charge in [0.05, 0.1) is 0 Å². The molecule has 0 aromatic rings. The number of aliphatic hydroxyl groups is 1. The van der Waals surface area contributed by atoms with Gasteiger partial charge in [-0.25, -0.2) is 0 Å². The van der Waals surface area contributed by atoms with Crippen LogP contribution < -0.4 is 0 Å². The Labute approximate surface area is 38.4 Å². The molecule has 0 bridgehead atoms. The van der Waals surface area contributed by atoms with E-state index in [2.05, 4.69) is 0 Å². The predicted octanol–water partition coefficient (Wildman–Crippen LogP) is 1.01. The van der Waals surface area contributed by atoms with E-state index in [4.69, 9.17) is 5.11 Å². The van der Waals surface area contributed by atoms with Crippen molar-refractivity contribution in [1.82, 2.24) is 0 Å². The number of aliphatic hydroxyl groups excluding tert-OH is 1. The maximum atomic E-state index is 9.58. The van der Waals surface area contributed by atoms with E-state index < -0.39 is 5.85 Å². The molecule has 0 amide bonds. The van der Waals surface area contributed by atoms with E-state index in [1.165, 1.54) is 0 Å². The largest absolute Gasteiger partial charge is 0.381 e. The van der Waals surface area contributed by atoms with Crippen LogP contribution in [-0.4, -0.2) is 11.0 Å². The molecule has 0 radical (unpaired) electrons. The first-order valence-electron chi connectivity index (χ1n) is 1.81. The third-order valence-electron chi connectivity index (χ3n) is 0.487. The summed E-state index contributed by atoms with van der Waals surface area (Å²) in [5, 5.41) is 8.34. The molecule has 0 spiro atoms. The summed E-state index contributed by atoms with van der Waals surface area (Å²) in [7, 11) is -0.166. The monoisotopic (exact) mass is 106 g/mol. The second-order valence-corrected chi connectivity index (χ2v) is 1.80. The average Bonchev–Trinajstić information content (AvgIpc) is 1.65. The van der Waals surface area contributed by atoms with Crippen molar-refractivity contribution in [2.45, 2.75) is 19.2 Å². The van der Waals surface area contributed by atoms with E-state index in [1.54, 1.807) is 6.92 Å².